The first-order valence-electron chi connectivity index (χ1n) is 33.6. The molecule has 0 radical (unpaired) electrons. The number of esters is 4. The molecule has 0 aromatic rings. The second kappa shape index (κ2) is 57.8. The number of phosphoric ester groups is 2. The molecule has 492 valence electrons. The van der Waals surface area contributed by atoms with Crippen LogP contribution >= 0.6 is 15.6 Å². The highest BCUT2D eigenvalue weighted by Crippen LogP contribution is 2.45. The van der Waals surface area contributed by atoms with Gasteiger partial charge >= 0.3 is 39.5 Å². The molecular weight excluding hydrogens is 1100 g/mol. The Morgan fingerprint density at radius 1 is 0.325 bits per heavy atom. The molecule has 19 heteroatoms. The fourth-order valence-electron chi connectivity index (χ4n) is 9.58. The largest absolute Gasteiger partial charge is 0.472 e. The predicted molar refractivity (Wildman–Crippen MR) is 331 cm³/mol. The summed E-state index contributed by atoms with van der Waals surface area (Å²) in [7, 11) is -9.88. The van der Waals surface area contributed by atoms with Gasteiger partial charge in [0.05, 0.1) is 26.4 Å². The van der Waals surface area contributed by atoms with Crippen LogP contribution in [0.25, 0.3) is 0 Å². The summed E-state index contributed by atoms with van der Waals surface area (Å²) in [6, 6.07) is 0. The third-order valence-electron chi connectivity index (χ3n) is 14.8. The lowest BCUT2D eigenvalue weighted by atomic mass is 10.0. The van der Waals surface area contributed by atoms with Crippen LogP contribution in [0.1, 0.15) is 324 Å². The second-order valence-electron chi connectivity index (χ2n) is 23.6. The molecule has 0 spiro atoms. The van der Waals surface area contributed by atoms with Crippen molar-refractivity contribution in [3.8, 4) is 0 Å². The quantitative estimate of drug-likeness (QED) is 0.0222. The summed E-state index contributed by atoms with van der Waals surface area (Å²) in [5.74, 6) is -1.38. The molecule has 5 atom stereocenters. The summed E-state index contributed by atoms with van der Waals surface area (Å²) in [5, 5.41) is 10.5. The van der Waals surface area contributed by atoms with Gasteiger partial charge in [0.2, 0.25) is 0 Å². The van der Waals surface area contributed by atoms with Crippen molar-refractivity contribution in [3.05, 3.63) is 0 Å². The molecule has 83 heavy (non-hydrogen) atoms. The van der Waals surface area contributed by atoms with Gasteiger partial charge in [-0.25, -0.2) is 9.13 Å². The van der Waals surface area contributed by atoms with Crippen LogP contribution in [0.4, 0.5) is 0 Å². The Morgan fingerprint density at radius 2 is 0.554 bits per heavy atom. The van der Waals surface area contributed by atoms with Crippen molar-refractivity contribution in [2.24, 2.45) is 5.92 Å². The van der Waals surface area contributed by atoms with Gasteiger partial charge in [-0.2, -0.15) is 0 Å². The zero-order chi connectivity index (χ0) is 61.3. The monoisotopic (exact) mass is 1230 g/mol. The summed E-state index contributed by atoms with van der Waals surface area (Å²) in [5.41, 5.74) is 0. The van der Waals surface area contributed by atoms with Crippen molar-refractivity contribution < 1.29 is 80.2 Å². The van der Waals surface area contributed by atoms with Gasteiger partial charge in [-0.05, 0) is 31.6 Å². The average Bonchev–Trinajstić information content (AvgIpc) is 3.46. The highest BCUT2D eigenvalue weighted by Gasteiger charge is 2.30. The predicted octanol–water partition coefficient (Wildman–Crippen LogP) is 17.8. The van der Waals surface area contributed by atoms with Gasteiger partial charge in [0.15, 0.2) is 12.2 Å². The van der Waals surface area contributed by atoms with Crippen LogP contribution in [0.2, 0.25) is 0 Å². The number of aliphatic hydroxyl groups excluding tert-OH is 1. The number of hydrogen-bond acceptors (Lipinski definition) is 15. The van der Waals surface area contributed by atoms with E-state index in [2.05, 4.69) is 34.6 Å². The molecular formula is C64H124O17P2. The van der Waals surface area contributed by atoms with E-state index in [4.69, 9.17) is 37.0 Å². The molecule has 0 saturated carbocycles. The van der Waals surface area contributed by atoms with Crippen molar-refractivity contribution in [2.45, 2.75) is 342 Å². The molecule has 0 aliphatic heterocycles. The minimum atomic E-state index is -4.94. The normalized spacial score (nSPS) is 14.2. The Bertz CT molecular complexity index is 1620. The van der Waals surface area contributed by atoms with E-state index in [1.54, 1.807) is 0 Å². The molecule has 0 fully saturated rings. The molecule has 0 aliphatic rings. The lowest BCUT2D eigenvalue weighted by Crippen LogP contribution is -2.30. The molecule has 0 saturated heterocycles. The zero-order valence-corrected chi connectivity index (χ0v) is 55.1. The molecule has 17 nitrogen and oxygen atoms in total. The highest BCUT2D eigenvalue weighted by molar-refractivity contribution is 7.47. The minimum absolute atomic E-state index is 0.106. The summed E-state index contributed by atoms with van der Waals surface area (Å²) in [4.78, 5) is 72.1. The third-order valence-corrected chi connectivity index (χ3v) is 16.7. The number of unbranched alkanes of at least 4 members (excludes halogenated alkanes) is 36. The van der Waals surface area contributed by atoms with Crippen molar-refractivity contribution in [1.82, 2.24) is 0 Å². The van der Waals surface area contributed by atoms with Gasteiger partial charge in [-0.1, -0.05) is 272 Å². The summed E-state index contributed by atoms with van der Waals surface area (Å²) in [6.07, 6.45) is 41.6. The van der Waals surface area contributed by atoms with Gasteiger partial charge in [0.1, 0.15) is 19.3 Å². The molecule has 0 aromatic heterocycles. The molecule has 2 unspecified atom stereocenters. The molecule has 0 aromatic carbocycles. The van der Waals surface area contributed by atoms with Gasteiger partial charge < -0.3 is 33.8 Å². The van der Waals surface area contributed by atoms with Crippen LogP contribution in [0.5, 0.6) is 0 Å². The summed E-state index contributed by atoms with van der Waals surface area (Å²) >= 11 is 0. The van der Waals surface area contributed by atoms with Crippen molar-refractivity contribution in [2.75, 3.05) is 39.6 Å². The first kappa shape index (κ1) is 81.1. The van der Waals surface area contributed by atoms with Crippen molar-refractivity contribution in [3.63, 3.8) is 0 Å². The van der Waals surface area contributed by atoms with E-state index < -0.39 is 97.5 Å². The summed E-state index contributed by atoms with van der Waals surface area (Å²) < 4.78 is 67.9. The fourth-order valence-corrected chi connectivity index (χ4v) is 11.2. The van der Waals surface area contributed by atoms with Crippen LogP contribution in [0.3, 0.4) is 0 Å². The van der Waals surface area contributed by atoms with E-state index in [0.717, 1.165) is 102 Å². The summed E-state index contributed by atoms with van der Waals surface area (Å²) in [6.45, 7) is 7.16. The molecule has 0 heterocycles. The Morgan fingerprint density at radius 3 is 0.819 bits per heavy atom. The molecule has 3 N–H and O–H groups in total. The van der Waals surface area contributed by atoms with E-state index in [9.17, 15) is 43.2 Å². The van der Waals surface area contributed by atoms with Gasteiger partial charge in [-0.15, -0.1) is 0 Å². The maximum absolute atomic E-state index is 13.0. The van der Waals surface area contributed by atoms with Crippen LogP contribution in [0.15, 0.2) is 0 Å². The number of carbonyl (C=O) groups excluding carboxylic acids is 4. The number of aliphatic hydroxyl groups is 1. The van der Waals surface area contributed by atoms with Gasteiger partial charge in [0, 0.05) is 25.7 Å². The van der Waals surface area contributed by atoms with E-state index in [-0.39, 0.29) is 25.7 Å². The van der Waals surface area contributed by atoms with Crippen LogP contribution in [0, 0.1) is 5.92 Å². The Labute approximate surface area is 505 Å². The first-order valence-corrected chi connectivity index (χ1v) is 36.6. The topological polar surface area (TPSA) is 237 Å². The molecule has 0 aliphatic carbocycles. The lowest BCUT2D eigenvalue weighted by molar-refractivity contribution is -0.161. The Hall–Kier alpha value is -1.94. The van der Waals surface area contributed by atoms with Gasteiger partial charge in [0.25, 0.3) is 0 Å². The minimum Gasteiger partial charge on any atom is -0.462 e. The number of phosphoric acid groups is 2. The van der Waals surface area contributed by atoms with Crippen molar-refractivity contribution >= 4 is 39.5 Å². The van der Waals surface area contributed by atoms with E-state index >= 15 is 0 Å². The fraction of sp³-hybridized carbons (Fsp3) is 0.938. The SMILES string of the molecule is CCCCCCCCCCCCCCC(=O)OC[C@H](COP(=O)(O)OC[C@@H](O)COP(=O)(O)OC[C@@H](COC(=O)CCCCCCCCCC)OC(=O)CCCCCCCCCCCC)OC(=O)CCCCCCCCCCCCC(C)C. The third kappa shape index (κ3) is 58.8. The van der Waals surface area contributed by atoms with Gasteiger partial charge in [-0.3, -0.25) is 37.3 Å². The Kier molecular flexibility index (Phi) is 56.4. The van der Waals surface area contributed by atoms with Crippen LogP contribution in [-0.2, 0) is 65.4 Å². The standard InChI is InChI=1S/C64H124O17P2/c1-6-9-12-15-18-21-23-24-29-33-38-43-48-62(67)75-54-60(81-64(69)50-45-40-35-30-26-25-27-31-36-41-46-57(4)5)56-79-83(72,73)77-52-58(65)51-76-82(70,71)78-55-59(53-74-61(66)47-42-37-32-20-17-14-11-8-3)80-63(68)49-44-39-34-28-22-19-16-13-10-7-2/h57-60,65H,6-56H2,1-5H3,(H,70,71)(H,72,73)/t58-,59+,60+/m0/s1. The molecule has 0 rings (SSSR count). The maximum atomic E-state index is 13.0. The van der Waals surface area contributed by atoms with Crippen LogP contribution in [-0.4, -0.2) is 96.7 Å². The molecule has 0 bridgehead atoms. The number of rotatable bonds is 64. The second-order valence-corrected chi connectivity index (χ2v) is 26.5. The maximum Gasteiger partial charge on any atom is 0.472 e. The van der Waals surface area contributed by atoms with Crippen LogP contribution < -0.4 is 0 Å². The average molecular weight is 1230 g/mol. The number of carbonyl (C=O) groups is 4. The van der Waals surface area contributed by atoms with Crippen molar-refractivity contribution in [1.29, 1.82) is 0 Å². The highest BCUT2D eigenvalue weighted by atomic mass is 31.2. The van der Waals surface area contributed by atoms with E-state index in [1.165, 1.54) is 141 Å². The molecule has 0 amide bonds. The van der Waals surface area contributed by atoms with E-state index in [0.29, 0.717) is 25.7 Å². The first-order chi connectivity index (χ1) is 40.0. The number of hydrogen-bond donors (Lipinski definition) is 3. The Balaban J connectivity index is 5.23. The van der Waals surface area contributed by atoms with E-state index in [1.807, 2.05) is 0 Å². The smallest absolute Gasteiger partial charge is 0.462 e. The zero-order valence-electron chi connectivity index (χ0n) is 53.3. The lowest BCUT2D eigenvalue weighted by Gasteiger charge is -2.21. The number of ether oxygens (including phenoxy) is 4.